The summed E-state index contributed by atoms with van der Waals surface area (Å²) in [5.74, 6) is -0.588. The second-order valence-corrected chi connectivity index (χ2v) is 4.35. The van der Waals surface area contributed by atoms with Gasteiger partial charge >= 0.3 is 0 Å². The Morgan fingerprint density at radius 3 is 2.86 bits per heavy atom. The van der Waals surface area contributed by atoms with E-state index >= 15 is 0 Å². The minimum absolute atomic E-state index is 0.0419. The Morgan fingerprint density at radius 2 is 2.29 bits per heavy atom. The molecule has 0 aliphatic rings. The standard InChI is InChI=1S/C6H5ClN4O2S/c7-5-3-6(10-4-9-5)11-14(12,13)2-1-8/h3-4H,2H2,(H,9,10,11). The van der Waals surface area contributed by atoms with Gasteiger partial charge in [0.25, 0.3) is 0 Å². The first kappa shape index (κ1) is 10.7. The van der Waals surface area contributed by atoms with Gasteiger partial charge < -0.3 is 0 Å². The van der Waals surface area contributed by atoms with Crippen LogP contribution in [-0.4, -0.2) is 24.1 Å². The predicted octanol–water partition coefficient (Wildman–Crippen LogP) is 0.395. The van der Waals surface area contributed by atoms with Gasteiger partial charge in [0.15, 0.2) is 5.75 Å². The van der Waals surface area contributed by atoms with E-state index in [1.807, 2.05) is 0 Å². The summed E-state index contributed by atoms with van der Waals surface area (Å²) in [6, 6.07) is 2.76. The second kappa shape index (κ2) is 4.21. The molecular formula is C6H5ClN4O2S. The van der Waals surface area contributed by atoms with Crippen molar-refractivity contribution in [1.29, 1.82) is 5.26 Å². The van der Waals surface area contributed by atoms with Crippen LogP contribution < -0.4 is 4.72 Å². The molecule has 1 rings (SSSR count). The Hall–Kier alpha value is -1.39. The van der Waals surface area contributed by atoms with Gasteiger partial charge in [-0.3, -0.25) is 4.72 Å². The maximum atomic E-state index is 11.1. The van der Waals surface area contributed by atoms with E-state index in [0.717, 1.165) is 6.33 Å². The Labute approximate surface area is 85.6 Å². The zero-order valence-corrected chi connectivity index (χ0v) is 8.38. The number of nitrogens with one attached hydrogen (secondary N) is 1. The van der Waals surface area contributed by atoms with E-state index < -0.39 is 15.8 Å². The number of hydrogen-bond acceptors (Lipinski definition) is 5. The van der Waals surface area contributed by atoms with Gasteiger partial charge in [0.2, 0.25) is 10.0 Å². The summed E-state index contributed by atoms with van der Waals surface area (Å²) < 4.78 is 24.2. The number of rotatable bonds is 3. The van der Waals surface area contributed by atoms with Crippen LogP contribution in [0.1, 0.15) is 0 Å². The molecule has 0 saturated heterocycles. The van der Waals surface area contributed by atoms with Gasteiger partial charge in [-0.25, -0.2) is 18.4 Å². The highest BCUT2D eigenvalue weighted by atomic mass is 35.5. The van der Waals surface area contributed by atoms with Crippen molar-refractivity contribution in [3.63, 3.8) is 0 Å². The van der Waals surface area contributed by atoms with E-state index in [1.165, 1.54) is 12.1 Å². The van der Waals surface area contributed by atoms with E-state index in [2.05, 4.69) is 14.7 Å². The van der Waals surface area contributed by atoms with Crippen molar-refractivity contribution in [1.82, 2.24) is 9.97 Å². The van der Waals surface area contributed by atoms with Crippen LogP contribution in [0.5, 0.6) is 0 Å². The Kier molecular flexibility index (Phi) is 3.22. The Balaban J connectivity index is 2.85. The fourth-order valence-electron chi connectivity index (χ4n) is 0.670. The molecule has 74 valence electrons. The van der Waals surface area contributed by atoms with Crippen molar-refractivity contribution in [3.05, 3.63) is 17.5 Å². The molecule has 0 saturated carbocycles. The zero-order valence-electron chi connectivity index (χ0n) is 6.81. The first-order chi connectivity index (χ1) is 6.53. The zero-order chi connectivity index (χ0) is 10.6. The van der Waals surface area contributed by atoms with Gasteiger partial charge in [0.05, 0.1) is 6.07 Å². The van der Waals surface area contributed by atoms with Crippen molar-refractivity contribution in [3.8, 4) is 6.07 Å². The third-order valence-corrected chi connectivity index (χ3v) is 2.38. The lowest BCUT2D eigenvalue weighted by Crippen LogP contribution is -2.16. The number of nitrogens with zero attached hydrogens (tertiary/aromatic N) is 3. The monoisotopic (exact) mass is 232 g/mol. The van der Waals surface area contributed by atoms with Crippen molar-refractivity contribution in [2.45, 2.75) is 0 Å². The number of nitriles is 1. The molecule has 0 fully saturated rings. The average Bonchev–Trinajstić information content (AvgIpc) is 2.02. The molecular weight excluding hydrogens is 228 g/mol. The molecule has 6 nitrogen and oxygen atoms in total. The maximum Gasteiger partial charge on any atom is 0.247 e. The number of anilines is 1. The topological polar surface area (TPSA) is 95.7 Å². The smallest absolute Gasteiger partial charge is 0.247 e. The molecule has 0 spiro atoms. The van der Waals surface area contributed by atoms with Gasteiger partial charge in [0.1, 0.15) is 17.3 Å². The Morgan fingerprint density at radius 1 is 1.57 bits per heavy atom. The molecule has 14 heavy (non-hydrogen) atoms. The van der Waals surface area contributed by atoms with Gasteiger partial charge in [-0.1, -0.05) is 11.6 Å². The highest BCUT2D eigenvalue weighted by molar-refractivity contribution is 7.92. The first-order valence-corrected chi connectivity index (χ1v) is 5.41. The van der Waals surface area contributed by atoms with Crippen LogP contribution in [0, 0.1) is 11.3 Å². The lowest BCUT2D eigenvalue weighted by molar-refractivity contribution is 0.604. The van der Waals surface area contributed by atoms with Gasteiger partial charge in [-0.15, -0.1) is 0 Å². The summed E-state index contributed by atoms with van der Waals surface area (Å²) in [5, 5.41) is 8.33. The van der Waals surface area contributed by atoms with E-state index in [9.17, 15) is 8.42 Å². The summed E-state index contributed by atoms with van der Waals surface area (Å²) in [5.41, 5.74) is 0. The molecule has 1 N–H and O–H groups in total. The number of hydrogen-bond donors (Lipinski definition) is 1. The molecule has 0 aromatic carbocycles. The summed E-state index contributed by atoms with van der Waals surface area (Å²) in [4.78, 5) is 7.18. The third-order valence-electron chi connectivity index (χ3n) is 1.15. The summed E-state index contributed by atoms with van der Waals surface area (Å²) in [6.45, 7) is 0. The highest BCUT2D eigenvalue weighted by Crippen LogP contribution is 2.09. The number of sulfonamides is 1. The largest absolute Gasteiger partial charge is 0.266 e. The molecule has 0 atom stereocenters. The molecule has 0 radical (unpaired) electrons. The fourth-order valence-corrected chi connectivity index (χ4v) is 1.49. The molecule has 1 aromatic rings. The molecule has 0 aliphatic carbocycles. The second-order valence-electron chi connectivity index (χ2n) is 2.25. The fraction of sp³-hybridized carbons (Fsp3) is 0.167. The van der Waals surface area contributed by atoms with Crippen molar-refractivity contribution in [2.24, 2.45) is 0 Å². The van der Waals surface area contributed by atoms with Crippen LogP contribution in [0.2, 0.25) is 5.15 Å². The van der Waals surface area contributed by atoms with Gasteiger partial charge in [-0.2, -0.15) is 5.26 Å². The van der Waals surface area contributed by atoms with Crippen LogP contribution in [-0.2, 0) is 10.0 Å². The lowest BCUT2D eigenvalue weighted by atomic mass is 10.6. The number of aromatic nitrogens is 2. The van der Waals surface area contributed by atoms with Crippen LogP contribution in [0.4, 0.5) is 5.82 Å². The van der Waals surface area contributed by atoms with Crippen molar-refractivity contribution >= 4 is 27.4 Å². The van der Waals surface area contributed by atoms with Crippen LogP contribution in [0.25, 0.3) is 0 Å². The van der Waals surface area contributed by atoms with E-state index in [-0.39, 0.29) is 11.0 Å². The van der Waals surface area contributed by atoms with Crippen molar-refractivity contribution < 1.29 is 8.42 Å². The molecule has 0 bridgehead atoms. The van der Waals surface area contributed by atoms with Crippen LogP contribution in [0.3, 0.4) is 0 Å². The van der Waals surface area contributed by atoms with E-state index in [1.54, 1.807) is 0 Å². The molecule has 1 heterocycles. The first-order valence-electron chi connectivity index (χ1n) is 3.38. The quantitative estimate of drug-likeness (QED) is 0.761. The summed E-state index contributed by atoms with van der Waals surface area (Å²) in [6.07, 6.45) is 1.12. The molecule has 0 aliphatic heterocycles. The molecule has 0 unspecified atom stereocenters. The third kappa shape index (κ3) is 3.16. The van der Waals surface area contributed by atoms with Gasteiger partial charge in [0, 0.05) is 6.07 Å². The minimum atomic E-state index is -3.66. The SMILES string of the molecule is N#CCS(=O)(=O)Nc1cc(Cl)ncn1. The molecule has 0 amide bonds. The van der Waals surface area contributed by atoms with Crippen LogP contribution >= 0.6 is 11.6 Å². The normalized spacial score (nSPS) is 10.6. The van der Waals surface area contributed by atoms with Crippen molar-refractivity contribution in [2.75, 3.05) is 10.5 Å². The Bertz CT molecular complexity index is 467. The van der Waals surface area contributed by atoms with Gasteiger partial charge in [-0.05, 0) is 0 Å². The minimum Gasteiger partial charge on any atom is -0.266 e. The maximum absolute atomic E-state index is 11.1. The predicted molar refractivity (Wildman–Crippen MR) is 50.1 cm³/mol. The van der Waals surface area contributed by atoms with Crippen LogP contribution in [0.15, 0.2) is 12.4 Å². The molecule has 1 aromatic heterocycles. The highest BCUT2D eigenvalue weighted by Gasteiger charge is 2.10. The number of halogens is 1. The summed E-state index contributed by atoms with van der Waals surface area (Å²) >= 11 is 5.50. The summed E-state index contributed by atoms with van der Waals surface area (Å²) in [7, 11) is -3.66. The van der Waals surface area contributed by atoms with E-state index in [0.29, 0.717) is 0 Å². The average molecular weight is 233 g/mol. The molecule has 8 heteroatoms. The lowest BCUT2D eigenvalue weighted by Gasteiger charge is -2.02. The van der Waals surface area contributed by atoms with E-state index in [4.69, 9.17) is 16.9 Å².